The molecule has 14 heavy (non-hydrogen) atoms. The highest BCUT2D eigenvalue weighted by molar-refractivity contribution is 9.09. The first-order chi connectivity index (χ1) is 6.67. The molecule has 0 radical (unpaired) electrons. The van der Waals surface area contributed by atoms with Crippen molar-refractivity contribution >= 4 is 21.7 Å². The van der Waals surface area contributed by atoms with Crippen molar-refractivity contribution in [2.24, 2.45) is 0 Å². The summed E-state index contributed by atoms with van der Waals surface area (Å²) in [4.78, 5) is 11.2. The lowest BCUT2D eigenvalue weighted by molar-refractivity contribution is -0.115. The van der Waals surface area contributed by atoms with E-state index in [0.29, 0.717) is 17.3 Å². The summed E-state index contributed by atoms with van der Waals surface area (Å²) in [5, 5.41) is 9.16. The molecule has 3 heteroatoms. The lowest BCUT2D eigenvalue weighted by Gasteiger charge is -2.02. The topological polar surface area (TPSA) is 40.9 Å². The molecule has 0 aromatic heterocycles. The third kappa shape index (κ3) is 2.68. The average Bonchev–Trinajstić information content (AvgIpc) is 2.18. The highest BCUT2D eigenvalue weighted by Gasteiger charge is 2.06. The van der Waals surface area contributed by atoms with Crippen LogP contribution in [-0.2, 0) is 11.2 Å². The summed E-state index contributed by atoms with van der Waals surface area (Å²) in [5.74, 6) is 0.0899. The van der Waals surface area contributed by atoms with E-state index in [9.17, 15) is 4.79 Å². The Kier molecular flexibility index (Phi) is 3.84. The minimum absolute atomic E-state index is 0.0899. The normalized spacial score (nSPS) is 9.50. The summed E-state index contributed by atoms with van der Waals surface area (Å²) in [6.07, 6.45) is 0.329. The van der Waals surface area contributed by atoms with E-state index in [4.69, 9.17) is 5.26 Å². The van der Waals surface area contributed by atoms with Crippen LogP contribution in [0.4, 0.5) is 0 Å². The van der Waals surface area contributed by atoms with E-state index in [1.54, 1.807) is 6.07 Å². The molecular weight excluding hydrogens is 242 g/mol. The molecule has 0 saturated heterocycles. The number of Topliss-reactive ketones (excluding diaryl/α,β-unsaturated/α-hetero) is 1. The number of nitriles is 1. The Hall–Kier alpha value is -1.14. The lowest BCUT2D eigenvalue weighted by Crippen LogP contribution is -2.05. The highest BCUT2D eigenvalue weighted by Crippen LogP contribution is 2.12. The van der Waals surface area contributed by atoms with Crippen LogP contribution in [0.25, 0.3) is 0 Å². The van der Waals surface area contributed by atoms with Crippen molar-refractivity contribution in [3.05, 3.63) is 34.9 Å². The molecule has 0 unspecified atom stereocenters. The quantitative estimate of drug-likeness (QED) is 0.775. The third-order valence-corrected chi connectivity index (χ3v) is 2.54. The molecule has 1 rings (SSSR count). The maximum atomic E-state index is 11.2. The highest BCUT2D eigenvalue weighted by atomic mass is 79.9. The Labute approximate surface area is 91.7 Å². The number of hydrogen-bond donors (Lipinski definition) is 0. The second kappa shape index (κ2) is 4.92. The van der Waals surface area contributed by atoms with E-state index in [0.717, 1.165) is 11.1 Å². The summed E-state index contributed by atoms with van der Waals surface area (Å²) in [5.41, 5.74) is 2.48. The van der Waals surface area contributed by atoms with Crippen LogP contribution in [0, 0.1) is 18.3 Å². The molecule has 0 N–H and O–H groups in total. The third-order valence-electron chi connectivity index (χ3n) is 1.92. The summed E-state index contributed by atoms with van der Waals surface area (Å²) < 4.78 is 0. The van der Waals surface area contributed by atoms with Gasteiger partial charge in [0.05, 0.1) is 17.0 Å². The van der Waals surface area contributed by atoms with Crippen LogP contribution in [0.3, 0.4) is 0 Å². The van der Waals surface area contributed by atoms with E-state index in [1.165, 1.54) is 0 Å². The van der Waals surface area contributed by atoms with Gasteiger partial charge in [0.1, 0.15) is 5.78 Å². The first-order valence-electron chi connectivity index (χ1n) is 4.24. The first kappa shape index (κ1) is 10.9. The monoisotopic (exact) mass is 251 g/mol. The number of halogens is 1. The summed E-state index contributed by atoms with van der Waals surface area (Å²) in [6, 6.07) is 7.60. The second-order valence-corrected chi connectivity index (χ2v) is 3.68. The number of nitrogens with zero attached hydrogens (tertiary/aromatic N) is 1. The zero-order chi connectivity index (χ0) is 10.6. The number of rotatable bonds is 3. The predicted molar refractivity (Wildman–Crippen MR) is 58.4 cm³/mol. The fraction of sp³-hybridized carbons (Fsp3) is 0.273. The Balaban J connectivity index is 3.00. The number of alkyl halides is 1. The fourth-order valence-corrected chi connectivity index (χ4v) is 1.44. The van der Waals surface area contributed by atoms with Gasteiger partial charge in [-0.2, -0.15) is 5.26 Å². The van der Waals surface area contributed by atoms with Gasteiger partial charge in [-0.3, -0.25) is 4.79 Å². The largest absolute Gasteiger partial charge is 0.298 e. The van der Waals surface area contributed by atoms with Crippen molar-refractivity contribution in [1.82, 2.24) is 0 Å². The summed E-state index contributed by atoms with van der Waals surface area (Å²) in [7, 11) is 0. The van der Waals surface area contributed by atoms with Crippen LogP contribution in [0.5, 0.6) is 0 Å². The van der Waals surface area contributed by atoms with Crippen molar-refractivity contribution in [1.29, 1.82) is 5.26 Å². The van der Waals surface area contributed by atoms with Gasteiger partial charge in [0, 0.05) is 6.42 Å². The molecule has 0 fully saturated rings. The molecule has 0 heterocycles. The molecule has 1 aromatic carbocycles. The molecule has 0 saturated carbocycles. The van der Waals surface area contributed by atoms with E-state index in [1.807, 2.05) is 19.1 Å². The van der Waals surface area contributed by atoms with E-state index in [2.05, 4.69) is 22.0 Å². The number of carbonyl (C=O) groups excluding carboxylic acids is 1. The Morgan fingerprint density at radius 1 is 1.57 bits per heavy atom. The SMILES string of the molecule is Cc1ccc(C#N)c(CC(=O)CBr)c1. The number of hydrogen-bond acceptors (Lipinski definition) is 2. The Morgan fingerprint density at radius 2 is 2.29 bits per heavy atom. The molecule has 2 nitrogen and oxygen atoms in total. The van der Waals surface area contributed by atoms with Gasteiger partial charge in [-0.25, -0.2) is 0 Å². The minimum atomic E-state index is 0.0899. The number of aryl methyl sites for hydroxylation is 1. The Bertz CT molecular complexity index is 393. The lowest BCUT2D eigenvalue weighted by atomic mass is 10.0. The zero-order valence-electron chi connectivity index (χ0n) is 7.88. The van der Waals surface area contributed by atoms with E-state index >= 15 is 0 Å². The molecule has 0 aliphatic rings. The van der Waals surface area contributed by atoms with Crippen molar-refractivity contribution in [3.8, 4) is 6.07 Å². The maximum absolute atomic E-state index is 11.2. The molecule has 0 bridgehead atoms. The van der Waals surface area contributed by atoms with Crippen LogP contribution >= 0.6 is 15.9 Å². The number of carbonyl (C=O) groups is 1. The number of benzene rings is 1. The molecule has 1 aromatic rings. The van der Waals surface area contributed by atoms with Crippen LogP contribution in [0.15, 0.2) is 18.2 Å². The molecule has 72 valence electrons. The van der Waals surface area contributed by atoms with Crippen LogP contribution in [0.1, 0.15) is 16.7 Å². The average molecular weight is 252 g/mol. The van der Waals surface area contributed by atoms with Crippen molar-refractivity contribution in [3.63, 3.8) is 0 Å². The van der Waals surface area contributed by atoms with E-state index in [-0.39, 0.29) is 5.78 Å². The second-order valence-electron chi connectivity index (χ2n) is 3.12. The predicted octanol–water partition coefficient (Wildman–Crippen LogP) is 2.37. The summed E-state index contributed by atoms with van der Waals surface area (Å²) in [6.45, 7) is 1.95. The molecule has 0 spiro atoms. The molecule has 0 amide bonds. The van der Waals surface area contributed by atoms with Crippen molar-refractivity contribution in [2.75, 3.05) is 5.33 Å². The first-order valence-corrected chi connectivity index (χ1v) is 5.37. The molecule has 0 atom stereocenters. The van der Waals surface area contributed by atoms with Gasteiger partial charge in [0.25, 0.3) is 0 Å². The van der Waals surface area contributed by atoms with Gasteiger partial charge in [-0.15, -0.1) is 0 Å². The van der Waals surface area contributed by atoms with Crippen molar-refractivity contribution in [2.45, 2.75) is 13.3 Å². The molecule has 0 aliphatic heterocycles. The molecular formula is C11H10BrNO. The van der Waals surface area contributed by atoms with Crippen LogP contribution < -0.4 is 0 Å². The van der Waals surface area contributed by atoms with Gasteiger partial charge >= 0.3 is 0 Å². The van der Waals surface area contributed by atoms with Gasteiger partial charge in [0.15, 0.2) is 0 Å². The van der Waals surface area contributed by atoms with E-state index < -0.39 is 0 Å². The van der Waals surface area contributed by atoms with Crippen LogP contribution in [0.2, 0.25) is 0 Å². The fourth-order valence-electron chi connectivity index (χ4n) is 1.24. The van der Waals surface area contributed by atoms with Crippen molar-refractivity contribution < 1.29 is 4.79 Å². The Morgan fingerprint density at radius 3 is 2.86 bits per heavy atom. The van der Waals surface area contributed by atoms with Gasteiger partial charge in [-0.05, 0) is 18.6 Å². The smallest absolute Gasteiger partial charge is 0.147 e. The maximum Gasteiger partial charge on any atom is 0.147 e. The molecule has 0 aliphatic carbocycles. The van der Waals surface area contributed by atoms with Crippen LogP contribution in [-0.4, -0.2) is 11.1 Å². The summed E-state index contributed by atoms with van der Waals surface area (Å²) >= 11 is 3.10. The zero-order valence-corrected chi connectivity index (χ0v) is 9.47. The number of ketones is 1. The van der Waals surface area contributed by atoms with Gasteiger partial charge < -0.3 is 0 Å². The standard InChI is InChI=1S/C11H10BrNO/c1-8-2-3-9(7-13)10(4-8)5-11(14)6-12/h2-4H,5-6H2,1H3. The minimum Gasteiger partial charge on any atom is -0.298 e. The van der Waals surface area contributed by atoms with Gasteiger partial charge in [0.2, 0.25) is 0 Å². The van der Waals surface area contributed by atoms with Gasteiger partial charge in [-0.1, -0.05) is 33.6 Å².